The molecule has 0 unspecified atom stereocenters. The van der Waals surface area contributed by atoms with Crippen molar-refractivity contribution in [3.63, 3.8) is 0 Å². The quantitative estimate of drug-likeness (QED) is 0.745. The molecule has 0 bridgehead atoms. The smallest absolute Gasteiger partial charge is 0.207 e. The van der Waals surface area contributed by atoms with Crippen LogP contribution in [0.3, 0.4) is 0 Å². The van der Waals surface area contributed by atoms with Crippen molar-refractivity contribution < 1.29 is 8.42 Å². The van der Waals surface area contributed by atoms with Crippen LogP contribution in [0.15, 0.2) is 57.9 Å². The van der Waals surface area contributed by atoms with E-state index < -0.39 is 10.0 Å². The Morgan fingerprint density at radius 3 is 2.39 bits per heavy atom. The van der Waals surface area contributed by atoms with Crippen LogP contribution >= 0.6 is 27.7 Å². The first-order valence-electron chi connectivity index (χ1n) is 7.50. The minimum atomic E-state index is -3.47. The molecule has 0 radical (unpaired) electrons. The van der Waals surface area contributed by atoms with E-state index in [0.29, 0.717) is 11.4 Å². The van der Waals surface area contributed by atoms with Crippen LogP contribution in [-0.2, 0) is 16.4 Å². The van der Waals surface area contributed by atoms with E-state index in [1.54, 1.807) is 28.2 Å². The van der Waals surface area contributed by atoms with Gasteiger partial charge in [-0.05, 0) is 41.8 Å². The fraction of sp³-hybridized carbons (Fsp3) is 0.294. The Balaban J connectivity index is 1.92. The summed E-state index contributed by atoms with van der Waals surface area (Å²) in [4.78, 5) is 0.374. The van der Waals surface area contributed by atoms with E-state index in [4.69, 9.17) is 0 Å². The molecule has 0 aliphatic carbocycles. The lowest BCUT2D eigenvalue weighted by molar-refractivity contribution is 0.434. The Morgan fingerprint density at radius 2 is 1.78 bits per heavy atom. The molecule has 0 saturated carbocycles. The van der Waals surface area contributed by atoms with Gasteiger partial charge >= 0.3 is 0 Å². The van der Waals surface area contributed by atoms with Crippen LogP contribution < -0.4 is 0 Å². The molecule has 1 aliphatic heterocycles. The van der Waals surface area contributed by atoms with Gasteiger partial charge < -0.3 is 0 Å². The molecule has 6 heteroatoms. The Bertz CT molecular complexity index is 773. The van der Waals surface area contributed by atoms with E-state index in [1.807, 2.05) is 36.4 Å². The normalized spacial score (nSPS) is 19.1. The van der Waals surface area contributed by atoms with Crippen LogP contribution in [0.1, 0.15) is 23.4 Å². The number of halogens is 1. The second-order valence-electron chi connectivity index (χ2n) is 5.39. The minimum absolute atomic E-state index is 0.154. The van der Waals surface area contributed by atoms with E-state index in [2.05, 4.69) is 22.9 Å². The summed E-state index contributed by atoms with van der Waals surface area (Å²) in [5.74, 6) is 0.813. The summed E-state index contributed by atoms with van der Waals surface area (Å²) in [7, 11) is -3.47. The molecule has 1 atom stereocenters. The van der Waals surface area contributed by atoms with E-state index in [9.17, 15) is 8.42 Å². The summed E-state index contributed by atoms with van der Waals surface area (Å²) in [6, 6.07) is 15.1. The summed E-state index contributed by atoms with van der Waals surface area (Å²) < 4.78 is 28.6. The third kappa shape index (κ3) is 3.50. The standard InChI is InChI=1S/C17H18BrNO2S2/c1-2-13-3-9-16(10-4-13)23(20,21)19-11-12-22-17(19)14-5-7-15(18)8-6-14/h3-10,17H,2,11-12H2,1H3/t17-/m0/s1. The third-order valence-corrected chi connectivity index (χ3v) is 7.74. The number of thioether (sulfide) groups is 1. The van der Waals surface area contributed by atoms with Crippen LogP contribution in [0.4, 0.5) is 0 Å². The highest BCUT2D eigenvalue weighted by molar-refractivity contribution is 9.10. The average Bonchev–Trinajstić information content (AvgIpc) is 3.06. The summed E-state index contributed by atoms with van der Waals surface area (Å²) in [5.41, 5.74) is 2.16. The molecule has 2 aromatic rings. The van der Waals surface area contributed by atoms with Gasteiger partial charge in [-0.3, -0.25) is 0 Å². The lowest BCUT2D eigenvalue weighted by Crippen LogP contribution is -2.30. The molecule has 2 aromatic carbocycles. The summed E-state index contributed by atoms with van der Waals surface area (Å²) in [6.07, 6.45) is 0.904. The lowest BCUT2D eigenvalue weighted by Gasteiger charge is -2.23. The van der Waals surface area contributed by atoms with Crippen molar-refractivity contribution in [2.75, 3.05) is 12.3 Å². The van der Waals surface area contributed by atoms with Crippen molar-refractivity contribution in [2.24, 2.45) is 0 Å². The first-order valence-corrected chi connectivity index (χ1v) is 10.8. The van der Waals surface area contributed by atoms with Gasteiger partial charge in [-0.15, -0.1) is 11.8 Å². The average molecular weight is 412 g/mol. The summed E-state index contributed by atoms with van der Waals surface area (Å²) in [6.45, 7) is 2.60. The zero-order valence-electron chi connectivity index (χ0n) is 12.8. The Morgan fingerprint density at radius 1 is 1.13 bits per heavy atom. The SMILES string of the molecule is CCc1ccc(S(=O)(=O)N2CCS[C@H]2c2ccc(Br)cc2)cc1. The van der Waals surface area contributed by atoms with Crippen molar-refractivity contribution in [1.82, 2.24) is 4.31 Å². The number of sulfonamides is 1. The molecule has 1 heterocycles. The monoisotopic (exact) mass is 411 g/mol. The predicted octanol–water partition coefficient (Wildman–Crippen LogP) is 4.45. The van der Waals surface area contributed by atoms with Crippen LogP contribution in [0.5, 0.6) is 0 Å². The topological polar surface area (TPSA) is 37.4 Å². The molecule has 3 rings (SSSR count). The van der Waals surface area contributed by atoms with Gasteiger partial charge in [0.05, 0.1) is 10.3 Å². The highest BCUT2D eigenvalue weighted by Crippen LogP contribution is 2.41. The van der Waals surface area contributed by atoms with Crippen molar-refractivity contribution in [3.8, 4) is 0 Å². The molecular formula is C17H18BrNO2S2. The lowest BCUT2D eigenvalue weighted by atomic mass is 10.2. The van der Waals surface area contributed by atoms with Crippen LogP contribution in [0, 0.1) is 0 Å². The van der Waals surface area contributed by atoms with Crippen LogP contribution in [-0.4, -0.2) is 25.0 Å². The Hall–Kier alpha value is -0.820. The molecule has 3 nitrogen and oxygen atoms in total. The maximum atomic E-state index is 13.0. The van der Waals surface area contributed by atoms with Gasteiger partial charge in [-0.2, -0.15) is 4.31 Å². The van der Waals surface area contributed by atoms with Gasteiger partial charge in [0.1, 0.15) is 0 Å². The molecule has 0 amide bonds. The van der Waals surface area contributed by atoms with Crippen molar-refractivity contribution >= 4 is 37.7 Å². The van der Waals surface area contributed by atoms with Crippen LogP contribution in [0.25, 0.3) is 0 Å². The van der Waals surface area contributed by atoms with E-state index in [1.165, 1.54) is 0 Å². The fourth-order valence-corrected chi connectivity index (χ4v) is 6.13. The maximum Gasteiger partial charge on any atom is 0.244 e. The first-order chi connectivity index (χ1) is 11.0. The third-order valence-electron chi connectivity index (χ3n) is 3.94. The van der Waals surface area contributed by atoms with Crippen molar-refractivity contribution in [1.29, 1.82) is 0 Å². The first kappa shape index (κ1) is 17.0. The largest absolute Gasteiger partial charge is 0.244 e. The van der Waals surface area contributed by atoms with E-state index >= 15 is 0 Å². The zero-order valence-corrected chi connectivity index (χ0v) is 16.0. The number of nitrogens with zero attached hydrogens (tertiary/aromatic N) is 1. The highest BCUT2D eigenvalue weighted by atomic mass is 79.9. The van der Waals surface area contributed by atoms with Gasteiger partial charge in [0.25, 0.3) is 0 Å². The second-order valence-corrected chi connectivity index (χ2v) is 9.38. The van der Waals surface area contributed by atoms with Gasteiger partial charge in [0.2, 0.25) is 10.0 Å². The molecule has 0 spiro atoms. The number of aryl methyl sites for hydroxylation is 1. The van der Waals surface area contributed by atoms with E-state index in [-0.39, 0.29) is 5.37 Å². The molecule has 1 fully saturated rings. The van der Waals surface area contributed by atoms with E-state index in [0.717, 1.165) is 27.8 Å². The minimum Gasteiger partial charge on any atom is -0.207 e. The Labute approximate surface area is 150 Å². The van der Waals surface area contributed by atoms with Crippen molar-refractivity contribution in [2.45, 2.75) is 23.6 Å². The number of hydrogen-bond acceptors (Lipinski definition) is 3. The maximum absolute atomic E-state index is 13.0. The van der Waals surface area contributed by atoms with Gasteiger partial charge in [-0.1, -0.05) is 47.1 Å². The molecule has 0 aromatic heterocycles. The number of rotatable bonds is 4. The number of hydrogen-bond donors (Lipinski definition) is 0. The molecule has 122 valence electrons. The predicted molar refractivity (Wildman–Crippen MR) is 99.1 cm³/mol. The molecule has 23 heavy (non-hydrogen) atoms. The zero-order chi connectivity index (χ0) is 16.4. The van der Waals surface area contributed by atoms with Crippen LogP contribution in [0.2, 0.25) is 0 Å². The molecule has 0 N–H and O–H groups in total. The molecular weight excluding hydrogens is 394 g/mol. The highest BCUT2D eigenvalue weighted by Gasteiger charge is 2.36. The molecule has 1 aliphatic rings. The summed E-state index contributed by atoms with van der Waals surface area (Å²) in [5, 5.41) is -0.154. The van der Waals surface area contributed by atoms with Gasteiger partial charge in [0.15, 0.2) is 0 Å². The van der Waals surface area contributed by atoms with Gasteiger partial charge in [-0.25, -0.2) is 8.42 Å². The number of benzene rings is 2. The Kier molecular flexibility index (Phi) is 5.16. The molecule has 1 saturated heterocycles. The fourth-order valence-electron chi connectivity index (χ4n) is 2.62. The summed E-state index contributed by atoms with van der Waals surface area (Å²) >= 11 is 5.09. The van der Waals surface area contributed by atoms with Crippen molar-refractivity contribution in [3.05, 3.63) is 64.1 Å². The van der Waals surface area contributed by atoms with Gasteiger partial charge in [0, 0.05) is 16.8 Å². The second kappa shape index (κ2) is 6.97.